The first-order valence-electron chi connectivity index (χ1n) is 5.38. The summed E-state index contributed by atoms with van der Waals surface area (Å²) in [5.74, 6) is 0. The Balaban J connectivity index is 0.000000133. The normalized spacial score (nSPS) is 8.00. The lowest BCUT2D eigenvalue weighted by Gasteiger charge is -1.49. The summed E-state index contributed by atoms with van der Waals surface area (Å²) in [6, 6.07) is 1.83. The van der Waals surface area contributed by atoms with E-state index in [1.54, 1.807) is 54.0 Å². The van der Waals surface area contributed by atoms with Gasteiger partial charge in [0.2, 0.25) is 0 Å². The molecule has 0 atom stereocenters. The third-order valence-corrected chi connectivity index (χ3v) is 1.95. The molecule has 0 saturated carbocycles. The number of H-pyrrole nitrogens is 2. The summed E-state index contributed by atoms with van der Waals surface area (Å²) >= 11 is 1.60. The molecule has 8 nitrogen and oxygen atoms in total. The van der Waals surface area contributed by atoms with E-state index in [9.17, 15) is 0 Å². The third kappa shape index (κ3) is 10.4. The lowest BCUT2D eigenvalue weighted by atomic mass is 10.8. The first kappa shape index (κ1) is 15.2. The second-order valence-corrected chi connectivity index (χ2v) is 3.53. The van der Waals surface area contributed by atoms with Gasteiger partial charge in [-0.3, -0.25) is 10.1 Å². The predicted molar refractivity (Wildman–Crippen MR) is 73.6 cm³/mol. The van der Waals surface area contributed by atoms with E-state index in [4.69, 9.17) is 0 Å². The Kier molecular flexibility index (Phi) is 9.64. The van der Waals surface area contributed by atoms with Gasteiger partial charge in [-0.2, -0.15) is 20.5 Å². The van der Waals surface area contributed by atoms with Crippen molar-refractivity contribution in [3.8, 4) is 0 Å². The standard InChI is InChI=1S/C3H4N2.C3H3NO.C3H3NS.C2H3N3/c1-2-4-5-3-1;2*1-2-5-3-4-1;1-2-4-5-3-1/h1-3H,(H,4,5);2*1-3H;1-2H,(H,3,4,5). The van der Waals surface area contributed by atoms with Gasteiger partial charge >= 0.3 is 0 Å². The SMILES string of the molecule is c1cn[nH]c1.c1cn[nH]n1.c1cocn1.c1cscn1. The molecule has 4 heterocycles. The van der Waals surface area contributed by atoms with Crippen LogP contribution in [0.4, 0.5) is 0 Å². The number of hydrogen-bond donors (Lipinski definition) is 2. The highest BCUT2D eigenvalue weighted by molar-refractivity contribution is 7.07. The first-order chi connectivity index (χ1) is 10.0. The number of hydrogen-bond acceptors (Lipinski definition) is 7. The van der Waals surface area contributed by atoms with Gasteiger partial charge in [0.1, 0.15) is 6.26 Å². The van der Waals surface area contributed by atoms with Gasteiger partial charge in [0, 0.05) is 24.0 Å². The Morgan fingerprint density at radius 3 is 2.00 bits per heavy atom. The van der Waals surface area contributed by atoms with Crippen molar-refractivity contribution in [3.63, 3.8) is 0 Å². The van der Waals surface area contributed by atoms with Crippen molar-refractivity contribution in [1.82, 2.24) is 35.6 Å². The molecule has 0 aliphatic rings. The molecule has 4 rings (SSSR count). The van der Waals surface area contributed by atoms with Gasteiger partial charge in [0.05, 0.1) is 24.1 Å². The topological polar surface area (TPSA) is 109 Å². The van der Waals surface area contributed by atoms with Crippen LogP contribution in [0.5, 0.6) is 0 Å². The molecular weight excluding hydrogens is 278 g/mol. The zero-order chi connectivity index (χ0) is 14.1. The van der Waals surface area contributed by atoms with E-state index in [2.05, 4.69) is 40.0 Å². The number of aromatic amines is 2. The summed E-state index contributed by atoms with van der Waals surface area (Å²) in [7, 11) is 0. The monoisotopic (exact) mass is 291 g/mol. The molecule has 20 heavy (non-hydrogen) atoms. The fourth-order valence-electron chi connectivity index (χ4n) is 0.733. The minimum absolute atomic E-state index is 1.38. The Morgan fingerprint density at radius 1 is 0.900 bits per heavy atom. The molecular formula is C11H13N7OS. The van der Waals surface area contributed by atoms with Crippen molar-refractivity contribution in [2.45, 2.75) is 0 Å². The third-order valence-electron chi connectivity index (χ3n) is 1.43. The second-order valence-electron chi connectivity index (χ2n) is 2.77. The molecule has 2 N–H and O–H groups in total. The second kappa shape index (κ2) is 12.6. The van der Waals surface area contributed by atoms with E-state index in [1.807, 2.05) is 11.4 Å². The van der Waals surface area contributed by atoms with E-state index >= 15 is 0 Å². The van der Waals surface area contributed by atoms with Crippen LogP contribution in [0.3, 0.4) is 0 Å². The number of nitrogens with zero attached hydrogens (tertiary/aromatic N) is 5. The van der Waals surface area contributed by atoms with E-state index in [0.717, 1.165) is 0 Å². The Labute approximate surface area is 118 Å². The fraction of sp³-hybridized carbons (Fsp3) is 0. The zero-order valence-electron chi connectivity index (χ0n) is 10.4. The van der Waals surface area contributed by atoms with E-state index < -0.39 is 0 Å². The lowest BCUT2D eigenvalue weighted by Crippen LogP contribution is -1.61. The summed E-state index contributed by atoms with van der Waals surface area (Å²) in [6.07, 6.45) is 12.9. The summed E-state index contributed by atoms with van der Waals surface area (Å²) < 4.78 is 4.47. The molecule has 4 aromatic heterocycles. The van der Waals surface area contributed by atoms with Crippen LogP contribution >= 0.6 is 11.3 Å². The van der Waals surface area contributed by atoms with Crippen LogP contribution in [0.1, 0.15) is 0 Å². The number of aromatic nitrogens is 7. The van der Waals surface area contributed by atoms with Gasteiger partial charge in [-0.05, 0) is 6.07 Å². The van der Waals surface area contributed by atoms with Crippen molar-refractivity contribution in [2.24, 2.45) is 0 Å². The molecule has 0 unspecified atom stereocenters. The van der Waals surface area contributed by atoms with Crippen molar-refractivity contribution in [1.29, 1.82) is 0 Å². The van der Waals surface area contributed by atoms with Crippen LogP contribution in [0.15, 0.2) is 71.2 Å². The quantitative estimate of drug-likeness (QED) is 0.513. The van der Waals surface area contributed by atoms with Gasteiger partial charge in [-0.1, -0.05) is 0 Å². The predicted octanol–water partition coefficient (Wildman–Crippen LogP) is 2.03. The Bertz CT molecular complexity index is 360. The summed E-state index contributed by atoms with van der Waals surface area (Å²) in [5, 5.41) is 17.5. The lowest BCUT2D eigenvalue weighted by molar-refractivity contribution is 0.558. The maximum atomic E-state index is 4.47. The molecule has 104 valence electrons. The minimum atomic E-state index is 1.38. The maximum absolute atomic E-state index is 4.47. The summed E-state index contributed by atoms with van der Waals surface area (Å²) in [5.41, 5.74) is 1.79. The molecule has 0 spiro atoms. The molecule has 0 aliphatic carbocycles. The highest BCUT2D eigenvalue weighted by atomic mass is 32.1. The molecule has 0 aliphatic heterocycles. The number of thiazole rings is 1. The largest absolute Gasteiger partial charge is 0.452 e. The molecule has 0 aromatic carbocycles. The van der Waals surface area contributed by atoms with Gasteiger partial charge in [0.15, 0.2) is 6.39 Å². The fourth-order valence-corrected chi connectivity index (χ4v) is 1.08. The highest BCUT2D eigenvalue weighted by Gasteiger charge is 1.60. The average Bonchev–Trinajstić information content (AvgIpc) is 3.40. The van der Waals surface area contributed by atoms with E-state index in [0.29, 0.717) is 0 Å². The molecule has 0 saturated heterocycles. The molecule has 0 fully saturated rings. The van der Waals surface area contributed by atoms with Crippen LogP contribution in [-0.2, 0) is 0 Å². The van der Waals surface area contributed by atoms with Crippen LogP contribution in [0.25, 0.3) is 0 Å². The van der Waals surface area contributed by atoms with Crippen molar-refractivity contribution >= 4 is 11.3 Å². The van der Waals surface area contributed by atoms with Crippen LogP contribution in [-0.4, -0.2) is 35.6 Å². The van der Waals surface area contributed by atoms with Gasteiger partial charge in [-0.25, -0.2) is 4.98 Å². The van der Waals surface area contributed by atoms with Gasteiger partial charge < -0.3 is 4.42 Å². The van der Waals surface area contributed by atoms with Gasteiger partial charge in [0.25, 0.3) is 0 Å². The van der Waals surface area contributed by atoms with Crippen LogP contribution in [0.2, 0.25) is 0 Å². The van der Waals surface area contributed by atoms with Gasteiger partial charge in [-0.15, -0.1) is 11.3 Å². The number of rotatable bonds is 0. The summed E-state index contributed by atoms with van der Waals surface area (Å²) in [4.78, 5) is 7.30. The Hall–Kier alpha value is -2.81. The molecule has 0 bridgehead atoms. The molecule has 9 heteroatoms. The average molecular weight is 291 g/mol. The number of nitrogens with one attached hydrogen (secondary N) is 2. The first-order valence-corrected chi connectivity index (χ1v) is 6.32. The maximum Gasteiger partial charge on any atom is 0.180 e. The zero-order valence-corrected chi connectivity index (χ0v) is 11.2. The number of oxazole rings is 1. The van der Waals surface area contributed by atoms with Crippen LogP contribution in [0, 0.1) is 0 Å². The minimum Gasteiger partial charge on any atom is -0.452 e. The highest BCUT2D eigenvalue weighted by Crippen LogP contribution is 1.85. The van der Waals surface area contributed by atoms with Crippen molar-refractivity contribution in [3.05, 3.63) is 66.8 Å². The molecule has 0 amide bonds. The van der Waals surface area contributed by atoms with Crippen LogP contribution < -0.4 is 0 Å². The van der Waals surface area contributed by atoms with E-state index in [1.165, 1.54) is 12.7 Å². The van der Waals surface area contributed by atoms with E-state index in [-0.39, 0.29) is 0 Å². The summed E-state index contributed by atoms with van der Waals surface area (Å²) in [6.45, 7) is 0. The molecule has 0 radical (unpaired) electrons. The Morgan fingerprint density at radius 2 is 1.80 bits per heavy atom. The van der Waals surface area contributed by atoms with Crippen molar-refractivity contribution in [2.75, 3.05) is 0 Å². The molecule has 4 aromatic rings. The smallest absolute Gasteiger partial charge is 0.180 e. The van der Waals surface area contributed by atoms with Crippen molar-refractivity contribution < 1.29 is 4.42 Å².